The van der Waals surface area contributed by atoms with Crippen molar-refractivity contribution in [1.82, 2.24) is 5.32 Å². The van der Waals surface area contributed by atoms with Crippen LogP contribution < -0.4 is 10.6 Å². The smallest absolute Gasteiger partial charge is 0.341 e. The molecule has 0 saturated heterocycles. The van der Waals surface area contributed by atoms with E-state index in [1.807, 2.05) is 38.1 Å². The first kappa shape index (κ1) is 19.7. The summed E-state index contributed by atoms with van der Waals surface area (Å²) < 4.78 is 5.13. The van der Waals surface area contributed by atoms with E-state index in [1.54, 1.807) is 6.92 Å². The molecule has 26 heavy (non-hydrogen) atoms. The van der Waals surface area contributed by atoms with Crippen LogP contribution >= 0.6 is 11.3 Å². The van der Waals surface area contributed by atoms with Crippen molar-refractivity contribution in [2.45, 2.75) is 34.2 Å². The molecule has 2 N–H and O–H groups in total. The van der Waals surface area contributed by atoms with Crippen LogP contribution in [-0.2, 0) is 20.9 Å². The van der Waals surface area contributed by atoms with Gasteiger partial charge in [-0.1, -0.05) is 24.3 Å². The summed E-state index contributed by atoms with van der Waals surface area (Å²) in [7, 11) is 0. The standard InChI is InChI=1S/C19H22N2O4S/c1-11-7-5-6-8-15(11)9-20-16(23)10-25-19(24)17-12(2)13(3)26-18(17)21-14(4)22/h5-8H,9-10H2,1-4H3,(H,20,23)(H,21,22). The Morgan fingerprint density at radius 2 is 1.81 bits per heavy atom. The molecule has 0 atom stereocenters. The first-order valence-corrected chi connectivity index (χ1v) is 8.97. The van der Waals surface area contributed by atoms with Gasteiger partial charge in [0.1, 0.15) is 5.00 Å². The molecule has 0 unspecified atom stereocenters. The summed E-state index contributed by atoms with van der Waals surface area (Å²) in [6.45, 7) is 6.98. The fourth-order valence-electron chi connectivity index (χ4n) is 2.38. The molecule has 6 nitrogen and oxygen atoms in total. The highest BCUT2D eigenvalue weighted by atomic mass is 32.1. The van der Waals surface area contributed by atoms with E-state index in [4.69, 9.17) is 4.74 Å². The number of carbonyl (C=O) groups excluding carboxylic acids is 3. The van der Waals surface area contributed by atoms with E-state index in [1.165, 1.54) is 18.3 Å². The molecule has 0 fully saturated rings. The summed E-state index contributed by atoms with van der Waals surface area (Å²) in [4.78, 5) is 36.5. The molecule has 0 radical (unpaired) electrons. The first-order chi connectivity index (χ1) is 12.3. The molecule has 0 aliphatic rings. The minimum absolute atomic E-state index is 0.267. The largest absolute Gasteiger partial charge is 0.452 e. The Morgan fingerprint density at radius 3 is 2.46 bits per heavy atom. The Kier molecular flexibility index (Phi) is 6.52. The van der Waals surface area contributed by atoms with Crippen LogP contribution in [0.4, 0.5) is 5.00 Å². The maximum absolute atomic E-state index is 12.4. The summed E-state index contributed by atoms with van der Waals surface area (Å²) in [6, 6.07) is 7.73. The van der Waals surface area contributed by atoms with Gasteiger partial charge in [0.05, 0.1) is 5.56 Å². The van der Waals surface area contributed by atoms with Crippen LogP contribution in [0.15, 0.2) is 24.3 Å². The number of carbonyl (C=O) groups is 3. The van der Waals surface area contributed by atoms with Gasteiger partial charge in [-0.2, -0.15) is 0 Å². The van der Waals surface area contributed by atoms with Crippen LogP contribution in [-0.4, -0.2) is 24.4 Å². The van der Waals surface area contributed by atoms with E-state index in [0.29, 0.717) is 17.1 Å². The summed E-state index contributed by atoms with van der Waals surface area (Å²) in [5.41, 5.74) is 3.12. The second-order valence-electron chi connectivity index (χ2n) is 5.95. The molecule has 1 heterocycles. The van der Waals surface area contributed by atoms with Crippen LogP contribution in [0, 0.1) is 20.8 Å². The minimum atomic E-state index is -0.623. The van der Waals surface area contributed by atoms with Gasteiger partial charge in [0.2, 0.25) is 5.91 Å². The normalized spacial score (nSPS) is 10.3. The number of anilines is 1. The predicted molar refractivity (Wildman–Crippen MR) is 101 cm³/mol. The average Bonchev–Trinajstić information content (AvgIpc) is 2.85. The number of ether oxygens (including phenoxy) is 1. The van der Waals surface area contributed by atoms with Crippen LogP contribution in [0.1, 0.15) is 38.8 Å². The molecule has 0 aliphatic heterocycles. The lowest BCUT2D eigenvalue weighted by molar-refractivity contribution is -0.124. The molecule has 0 aliphatic carbocycles. The van der Waals surface area contributed by atoms with Gasteiger partial charge in [-0.15, -0.1) is 11.3 Å². The molecular weight excluding hydrogens is 352 g/mol. The molecule has 2 rings (SSSR count). The van der Waals surface area contributed by atoms with Crippen LogP contribution in [0.2, 0.25) is 0 Å². The van der Waals surface area contributed by atoms with Gasteiger partial charge in [-0.25, -0.2) is 4.79 Å². The number of amides is 2. The maximum Gasteiger partial charge on any atom is 0.341 e. The monoisotopic (exact) mass is 374 g/mol. The van der Waals surface area contributed by atoms with Crippen LogP contribution in [0.3, 0.4) is 0 Å². The fraction of sp³-hybridized carbons (Fsp3) is 0.316. The Hall–Kier alpha value is -2.67. The molecule has 2 amide bonds. The number of rotatable bonds is 6. The third kappa shape index (κ3) is 4.92. The molecule has 0 bridgehead atoms. The van der Waals surface area contributed by atoms with Gasteiger partial charge in [-0.05, 0) is 37.5 Å². The fourth-order valence-corrected chi connectivity index (χ4v) is 3.47. The Balaban J connectivity index is 1.95. The van der Waals surface area contributed by atoms with Gasteiger partial charge >= 0.3 is 5.97 Å². The van der Waals surface area contributed by atoms with Crippen molar-refractivity contribution < 1.29 is 19.1 Å². The highest BCUT2D eigenvalue weighted by Gasteiger charge is 2.22. The molecule has 0 saturated carbocycles. The van der Waals surface area contributed by atoms with Crippen molar-refractivity contribution in [3.8, 4) is 0 Å². The van der Waals surface area contributed by atoms with E-state index in [9.17, 15) is 14.4 Å². The number of benzene rings is 1. The number of hydrogen-bond acceptors (Lipinski definition) is 5. The Morgan fingerprint density at radius 1 is 1.12 bits per heavy atom. The third-order valence-electron chi connectivity index (χ3n) is 3.95. The Bertz CT molecular complexity index is 842. The lowest BCUT2D eigenvalue weighted by atomic mass is 10.1. The van der Waals surface area contributed by atoms with Crippen molar-refractivity contribution in [2.24, 2.45) is 0 Å². The maximum atomic E-state index is 12.4. The lowest BCUT2D eigenvalue weighted by Crippen LogP contribution is -2.28. The van der Waals surface area contributed by atoms with Crippen molar-refractivity contribution in [3.05, 3.63) is 51.4 Å². The Labute approximate surface area is 156 Å². The zero-order valence-electron chi connectivity index (χ0n) is 15.3. The summed E-state index contributed by atoms with van der Waals surface area (Å²) >= 11 is 1.31. The topological polar surface area (TPSA) is 84.5 Å². The number of esters is 1. The van der Waals surface area contributed by atoms with Gasteiger partial charge in [0, 0.05) is 18.3 Å². The summed E-state index contributed by atoms with van der Waals surface area (Å²) in [6.07, 6.45) is 0. The van der Waals surface area contributed by atoms with Gasteiger partial charge in [0.25, 0.3) is 5.91 Å². The number of hydrogen-bond donors (Lipinski definition) is 2. The summed E-state index contributed by atoms with van der Waals surface area (Å²) in [5.74, 6) is -1.27. The van der Waals surface area contributed by atoms with E-state index in [2.05, 4.69) is 10.6 Å². The van der Waals surface area contributed by atoms with E-state index >= 15 is 0 Å². The van der Waals surface area contributed by atoms with Crippen molar-refractivity contribution in [3.63, 3.8) is 0 Å². The van der Waals surface area contributed by atoms with Crippen LogP contribution in [0.25, 0.3) is 0 Å². The quantitative estimate of drug-likeness (QED) is 0.761. The highest BCUT2D eigenvalue weighted by molar-refractivity contribution is 7.16. The van der Waals surface area contributed by atoms with Gasteiger partial charge in [-0.3, -0.25) is 9.59 Å². The molecule has 7 heteroatoms. The van der Waals surface area contributed by atoms with Gasteiger partial charge < -0.3 is 15.4 Å². The highest BCUT2D eigenvalue weighted by Crippen LogP contribution is 2.32. The second-order valence-corrected chi connectivity index (χ2v) is 7.17. The van der Waals surface area contributed by atoms with Crippen molar-refractivity contribution in [2.75, 3.05) is 11.9 Å². The molecule has 138 valence electrons. The zero-order valence-corrected chi connectivity index (χ0v) is 16.1. The third-order valence-corrected chi connectivity index (χ3v) is 5.07. The molecule has 1 aromatic heterocycles. The molecule has 2 aromatic rings. The van der Waals surface area contributed by atoms with E-state index in [0.717, 1.165) is 21.6 Å². The molecule has 1 aromatic carbocycles. The van der Waals surface area contributed by atoms with Gasteiger partial charge in [0.15, 0.2) is 6.61 Å². The summed E-state index contributed by atoms with van der Waals surface area (Å²) in [5, 5.41) is 5.81. The number of aryl methyl sites for hydroxylation is 2. The predicted octanol–water partition coefficient (Wildman–Crippen LogP) is 3.10. The number of thiophene rings is 1. The minimum Gasteiger partial charge on any atom is -0.452 e. The zero-order chi connectivity index (χ0) is 19.3. The van der Waals surface area contributed by atoms with Crippen molar-refractivity contribution >= 4 is 34.1 Å². The number of nitrogens with one attached hydrogen (secondary N) is 2. The SMILES string of the molecule is CC(=O)Nc1sc(C)c(C)c1C(=O)OCC(=O)NCc1ccccc1C. The first-order valence-electron chi connectivity index (χ1n) is 8.15. The van der Waals surface area contributed by atoms with E-state index < -0.39 is 5.97 Å². The lowest BCUT2D eigenvalue weighted by Gasteiger charge is -2.09. The molecular formula is C19H22N2O4S. The molecule has 0 spiro atoms. The average molecular weight is 374 g/mol. The van der Waals surface area contributed by atoms with E-state index in [-0.39, 0.29) is 18.4 Å². The van der Waals surface area contributed by atoms with Crippen LogP contribution in [0.5, 0.6) is 0 Å². The van der Waals surface area contributed by atoms with Crippen molar-refractivity contribution in [1.29, 1.82) is 0 Å². The second kappa shape index (κ2) is 8.62.